The zero-order chi connectivity index (χ0) is 15.6. The van der Waals surface area contributed by atoms with Gasteiger partial charge in [-0.2, -0.15) is 0 Å². The van der Waals surface area contributed by atoms with Crippen molar-refractivity contribution in [3.8, 4) is 11.5 Å². The third-order valence-electron chi connectivity index (χ3n) is 2.19. The average Bonchev–Trinajstić information content (AvgIpc) is 2.26. The Hall–Kier alpha value is -1.64. The second kappa shape index (κ2) is 5.78. The van der Waals surface area contributed by atoms with Crippen LogP contribution in [0.2, 0.25) is 0 Å². The smallest absolute Gasteiger partial charge is 0.402 e. The number of rotatable bonds is 4. The molecule has 114 valence electrons. The van der Waals surface area contributed by atoms with Crippen molar-refractivity contribution in [2.75, 3.05) is 0 Å². The lowest BCUT2D eigenvalue weighted by Crippen LogP contribution is -2.21. The summed E-state index contributed by atoms with van der Waals surface area (Å²) in [5.74, 6) is -2.30. The summed E-state index contributed by atoms with van der Waals surface area (Å²) < 4.78 is 79.6. The Kier molecular flexibility index (Phi) is 4.74. The molecule has 9 heteroatoms. The van der Waals surface area contributed by atoms with E-state index in [1.165, 1.54) is 0 Å². The van der Waals surface area contributed by atoms with Crippen LogP contribution in [0.15, 0.2) is 18.2 Å². The summed E-state index contributed by atoms with van der Waals surface area (Å²) in [4.78, 5) is 0. The van der Waals surface area contributed by atoms with E-state index in [1.807, 2.05) is 0 Å². The highest BCUT2D eigenvalue weighted by molar-refractivity contribution is 5.43. The normalized spacial score (nSPS) is 14.0. The van der Waals surface area contributed by atoms with Gasteiger partial charge >= 0.3 is 12.7 Å². The Balaban J connectivity index is 3.16. The molecule has 0 aliphatic carbocycles. The Morgan fingerprint density at radius 3 is 1.95 bits per heavy atom. The molecule has 0 bridgehead atoms. The predicted octanol–water partition coefficient (Wildman–Crippen LogP) is 3.93. The lowest BCUT2D eigenvalue weighted by Gasteiger charge is -2.17. The monoisotopic (exact) mass is 304 g/mol. The Morgan fingerprint density at radius 1 is 1.00 bits per heavy atom. The maximum absolute atomic E-state index is 12.1. The van der Waals surface area contributed by atoms with E-state index in [4.69, 9.17) is 0 Å². The lowest BCUT2D eigenvalue weighted by atomic mass is 10.1. The van der Waals surface area contributed by atoms with E-state index < -0.39 is 30.3 Å². The van der Waals surface area contributed by atoms with Crippen LogP contribution in [0.5, 0.6) is 11.5 Å². The third-order valence-corrected chi connectivity index (χ3v) is 2.19. The molecule has 3 nitrogen and oxygen atoms in total. The van der Waals surface area contributed by atoms with E-state index in [-0.39, 0.29) is 12.0 Å². The first kappa shape index (κ1) is 16.4. The van der Waals surface area contributed by atoms with Gasteiger partial charge in [-0.3, -0.25) is 0 Å². The molecule has 1 rings (SSSR count). The van der Waals surface area contributed by atoms with E-state index in [9.17, 15) is 31.4 Å². The minimum absolute atomic E-state index is 0.0127. The molecule has 0 radical (unpaired) electrons. The van der Waals surface area contributed by atoms with Crippen LogP contribution >= 0.6 is 0 Å². The molecule has 1 aromatic carbocycles. The fourth-order valence-corrected chi connectivity index (χ4v) is 1.38. The number of ether oxygens (including phenoxy) is 2. The predicted molar refractivity (Wildman–Crippen MR) is 55.1 cm³/mol. The molecule has 0 amide bonds. The molecule has 1 aromatic rings. The molecular formula is C11H10F6O3. The van der Waals surface area contributed by atoms with Crippen molar-refractivity contribution in [2.24, 2.45) is 0 Å². The molecule has 0 saturated carbocycles. The first-order valence-corrected chi connectivity index (χ1v) is 5.35. The van der Waals surface area contributed by atoms with Gasteiger partial charge in [0.25, 0.3) is 0 Å². The first-order chi connectivity index (χ1) is 9.02. The van der Waals surface area contributed by atoms with E-state index in [2.05, 4.69) is 9.47 Å². The van der Waals surface area contributed by atoms with Crippen molar-refractivity contribution in [1.29, 1.82) is 0 Å². The van der Waals surface area contributed by atoms with Gasteiger partial charge in [0.05, 0.1) is 6.10 Å². The van der Waals surface area contributed by atoms with E-state index >= 15 is 0 Å². The van der Waals surface area contributed by atoms with Gasteiger partial charge in [0.2, 0.25) is 0 Å². The van der Waals surface area contributed by atoms with Gasteiger partial charge in [0, 0.05) is 0 Å². The summed E-state index contributed by atoms with van der Waals surface area (Å²) in [7, 11) is 0. The second-order valence-corrected chi connectivity index (χ2v) is 3.73. The van der Waals surface area contributed by atoms with Crippen LogP contribution < -0.4 is 9.47 Å². The van der Waals surface area contributed by atoms with Crippen molar-refractivity contribution < 1.29 is 40.9 Å². The molecule has 20 heavy (non-hydrogen) atoms. The number of aliphatic hydroxyl groups excluding tert-OH is 1. The summed E-state index contributed by atoms with van der Waals surface area (Å²) in [5, 5.41) is 9.48. The second-order valence-electron chi connectivity index (χ2n) is 3.73. The van der Waals surface area contributed by atoms with Gasteiger partial charge in [0.1, 0.15) is 0 Å². The van der Waals surface area contributed by atoms with E-state index in [0.29, 0.717) is 12.1 Å². The maximum atomic E-state index is 12.1. The third kappa shape index (κ3) is 5.16. The molecule has 1 atom stereocenters. The van der Waals surface area contributed by atoms with Gasteiger partial charge in [-0.25, -0.2) is 0 Å². The van der Waals surface area contributed by atoms with Crippen molar-refractivity contribution in [3.05, 3.63) is 23.8 Å². The number of halogens is 6. The SMILES string of the molecule is CCC(O)c1ccc(OC(F)(F)F)c(OC(F)(F)F)c1. The van der Waals surface area contributed by atoms with Crippen LogP contribution in [-0.2, 0) is 0 Å². The molecule has 0 saturated heterocycles. The largest absolute Gasteiger partial charge is 0.573 e. The highest BCUT2D eigenvalue weighted by atomic mass is 19.4. The highest BCUT2D eigenvalue weighted by Gasteiger charge is 2.36. The summed E-state index contributed by atoms with van der Waals surface area (Å²) in [6.07, 6.45) is -11.3. The number of alkyl halides is 6. The van der Waals surface area contributed by atoms with Gasteiger partial charge in [0.15, 0.2) is 11.5 Å². The standard InChI is InChI=1S/C11H10F6O3/c1-2-7(18)6-3-4-8(19-10(12,13)14)9(5-6)20-11(15,16)17/h3-5,7,18H,2H2,1H3. The Labute approximate surface area is 109 Å². The van der Waals surface area contributed by atoms with Gasteiger partial charge < -0.3 is 14.6 Å². The quantitative estimate of drug-likeness (QED) is 0.857. The minimum atomic E-state index is -5.18. The molecule has 0 fully saturated rings. The molecule has 0 heterocycles. The fraction of sp³-hybridized carbons (Fsp3) is 0.455. The number of hydrogen-bond donors (Lipinski definition) is 1. The molecule has 0 aliphatic rings. The summed E-state index contributed by atoms with van der Waals surface area (Å²) in [5.41, 5.74) is -0.0127. The maximum Gasteiger partial charge on any atom is 0.573 e. The zero-order valence-electron chi connectivity index (χ0n) is 10.0. The van der Waals surface area contributed by atoms with Crippen molar-refractivity contribution in [2.45, 2.75) is 32.2 Å². The van der Waals surface area contributed by atoms with E-state index in [0.717, 1.165) is 6.07 Å². The topological polar surface area (TPSA) is 38.7 Å². The van der Waals surface area contributed by atoms with Gasteiger partial charge in [-0.15, -0.1) is 26.3 Å². The molecular weight excluding hydrogens is 294 g/mol. The highest BCUT2D eigenvalue weighted by Crippen LogP contribution is 2.37. The van der Waals surface area contributed by atoms with Crippen molar-refractivity contribution >= 4 is 0 Å². The molecule has 1 unspecified atom stereocenters. The lowest BCUT2D eigenvalue weighted by molar-refractivity contribution is -0.287. The molecule has 0 aliphatic heterocycles. The van der Waals surface area contributed by atoms with Crippen LogP contribution in [0.3, 0.4) is 0 Å². The minimum Gasteiger partial charge on any atom is -0.402 e. The molecule has 0 spiro atoms. The number of aliphatic hydroxyl groups is 1. The van der Waals surface area contributed by atoms with Gasteiger partial charge in [-0.1, -0.05) is 13.0 Å². The summed E-state index contributed by atoms with van der Waals surface area (Å²) in [6.45, 7) is 1.55. The molecule has 0 aromatic heterocycles. The molecule has 1 N–H and O–H groups in total. The zero-order valence-corrected chi connectivity index (χ0v) is 10.0. The van der Waals surface area contributed by atoms with Crippen LogP contribution in [0.1, 0.15) is 25.0 Å². The summed E-state index contributed by atoms with van der Waals surface area (Å²) >= 11 is 0. The van der Waals surface area contributed by atoms with Crippen LogP contribution in [0, 0.1) is 0 Å². The summed E-state index contributed by atoms with van der Waals surface area (Å²) in [6, 6.07) is 2.34. The van der Waals surface area contributed by atoms with Crippen molar-refractivity contribution in [1.82, 2.24) is 0 Å². The average molecular weight is 304 g/mol. The van der Waals surface area contributed by atoms with E-state index in [1.54, 1.807) is 6.92 Å². The van der Waals surface area contributed by atoms with Crippen molar-refractivity contribution in [3.63, 3.8) is 0 Å². The number of benzene rings is 1. The fourth-order valence-electron chi connectivity index (χ4n) is 1.38. The van der Waals surface area contributed by atoms with Crippen LogP contribution in [0.25, 0.3) is 0 Å². The Bertz CT molecular complexity index is 454. The first-order valence-electron chi connectivity index (χ1n) is 5.35. The van der Waals surface area contributed by atoms with Gasteiger partial charge in [-0.05, 0) is 24.1 Å². The van der Waals surface area contributed by atoms with Crippen LogP contribution in [0.4, 0.5) is 26.3 Å². The Morgan fingerprint density at radius 2 is 1.50 bits per heavy atom. The van der Waals surface area contributed by atoms with Crippen LogP contribution in [-0.4, -0.2) is 17.8 Å². The number of hydrogen-bond acceptors (Lipinski definition) is 3.